The second-order valence-corrected chi connectivity index (χ2v) is 7.14. The van der Waals surface area contributed by atoms with Gasteiger partial charge in [0.05, 0.1) is 17.8 Å². The van der Waals surface area contributed by atoms with Gasteiger partial charge < -0.3 is 9.47 Å². The maximum Gasteiger partial charge on any atom is 0.264 e. The van der Waals surface area contributed by atoms with Gasteiger partial charge in [-0.05, 0) is 50.8 Å². The number of carbonyl (C=O) groups excluding carboxylic acids is 1. The van der Waals surface area contributed by atoms with Crippen LogP contribution < -0.4 is 14.9 Å². The molecule has 0 saturated carbocycles. The van der Waals surface area contributed by atoms with E-state index < -0.39 is 0 Å². The molecule has 1 N–H and O–H groups in total. The molecule has 0 atom stereocenters. The summed E-state index contributed by atoms with van der Waals surface area (Å²) in [6.45, 7) is 0.424. The molecule has 3 rings (SSSR count). The van der Waals surface area contributed by atoms with Crippen LogP contribution in [0.3, 0.4) is 0 Å². The van der Waals surface area contributed by atoms with Crippen molar-refractivity contribution in [2.75, 3.05) is 7.11 Å². The Balaban J connectivity index is 1.62. The van der Waals surface area contributed by atoms with Crippen LogP contribution in [0.4, 0.5) is 0 Å². The summed E-state index contributed by atoms with van der Waals surface area (Å²) in [5, 5.41) is 4.00. The maximum atomic E-state index is 11.9. The molecular weight excluding hydrogens is 444 g/mol. The summed E-state index contributed by atoms with van der Waals surface area (Å²) >= 11 is 3.52. The Kier molecular flexibility index (Phi) is 7.80. The first-order chi connectivity index (χ1) is 14.7. The molecule has 0 spiro atoms. The number of hydrazone groups is 1. The summed E-state index contributed by atoms with van der Waals surface area (Å²) in [6, 6.07) is 23.1. The Bertz CT molecular complexity index is 1040. The first kappa shape index (κ1) is 21.3. The summed E-state index contributed by atoms with van der Waals surface area (Å²) in [7, 11) is 1.58. The van der Waals surface area contributed by atoms with Gasteiger partial charge in [0.2, 0.25) is 0 Å². The first-order valence-corrected chi connectivity index (χ1v) is 10.1. The van der Waals surface area contributed by atoms with Gasteiger partial charge in [0.1, 0.15) is 6.61 Å². The SMILES string of the molecule is COc1cc(/C=N\NC(=O)/C=C/c2ccccc2)cc(Br)c1OCc1ccccc1. The molecule has 3 aromatic rings. The van der Waals surface area contributed by atoms with E-state index in [9.17, 15) is 4.79 Å². The molecule has 5 nitrogen and oxygen atoms in total. The third kappa shape index (κ3) is 6.32. The van der Waals surface area contributed by atoms with Crippen molar-refractivity contribution in [2.45, 2.75) is 6.61 Å². The molecule has 0 aromatic heterocycles. The van der Waals surface area contributed by atoms with E-state index in [1.165, 1.54) is 6.08 Å². The van der Waals surface area contributed by atoms with Gasteiger partial charge in [-0.3, -0.25) is 4.79 Å². The molecule has 0 fully saturated rings. The van der Waals surface area contributed by atoms with Crippen LogP contribution in [0.15, 0.2) is 88.4 Å². The van der Waals surface area contributed by atoms with Crippen LogP contribution >= 0.6 is 15.9 Å². The number of hydrogen-bond acceptors (Lipinski definition) is 4. The Labute approximate surface area is 184 Å². The minimum Gasteiger partial charge on any atom is -0.493 e. The average molecular weight is 465 g/mol. The number of carbonyl (C=O) groups is 1. The van der Waals surface area contributed by atoms with Gasteiger partial charge in [-0.15, -0.1) is 0 Å². The highest BCUT2D eigenvalue weighted by Gasteiger charge is 2.11. The summed E-state index contributed by atoms with van der Waals surface area (Å²) < 4.78 is 12.1. The van der Waals surface area contributed by atoms with E-state index in [-0.39, 0.29) is 5.91 Å². The standard InChI is InChI=1S/C24H21BrN2O3/c1-29-22-15-20(14-21(25)24(22)30-17-19-10-6-3-7-11-19)16-26-27-23(28)13-12-18-8-4-2-5-9-18/h2-16H,17H2,1H3,(H,27,28)/b13-12+,26-16-. The summed E-state index contributed by atoms with van der Waals surface area (Å²) in [5.74, 6) is 0.856. The van der Waals surface area contributed by atoms with Crippen LogP contribution in [0.1, 0.15) is 16.7 Å². The molecule has 0 bridgehead atoms. The molecule has 0 aliphatic heterocycles. The highest BCUT2D eigenvalue weighted by molar-refractivity contribution is 9.10. The number of ether oxygens (including phenoxy) is 2. The van der Waals surface area contributed by atoms with Crippen LogP contribution in [-0.2, 0) is 11.4 Å². The van der Waals surface area contributed by atoms with E-state index in [4.69, 9.17) is 9.47 Å². The van der Waals surface area contributed by atoms with Gasteiger partial charge in [0, 0.05) is 6.08 Å². The minimum absolute atomic E-state index is 0.316. The third-order valence-corrected chi connectivity index (χ3v) is 4.68. The highest BCUT2D eigenvalue weighted by Crippen LogP contribution is 2.36. The second-order valence-electron chi connectivity index (χ2n) is 6.29. The van der Waals surface area contributed by atoms with Gasteiger partial charge in [-0.1, -0.05) is 60.7 Å². The predicted octanol–water partition coefficient (Wildman–Crippen LogP) is 5.20. The topological polar surface area (TPSA) is 59.9 Å². The van der Waals surface area contributed by atoms with E-state index in [0.717, 1.165) is 21.2 Å². The quantitative estimate of drug-likeness (QED) is 0.283. The smallest absolute Gasteiger partial charge is 0.264 e. The molecule has 3 aromatic carbocycles. The van der Waals surface area contributed by atoms with Crippen LogP contribution in [-0.4, -0.2) is 19.2 Å². The number of nitrogens with one attached hydrogen (secondary N) is 1. The fraction of sp³-hybridized carbons (Fsp3) is 0.0833. The van der Waals surface area contributed by atoms with Crippen molar-refractivity contribution in [1.29, 1.82) is 0 Å². The van der Waals surface area contributed by atoms with Crippen LogP contribution in [0.5, 0.6) is 11.5 Å². The number of benzene rings is 3. The van der Waals surface area contributed by atoms with Crippen molar-refractivity contribution in [3.8, 4) is 11.5 Å². The number of rotatable bonds is 8. The Morgan fingerprint density at radius 3 is 2.43 bits per heavy atom. The van der Waals surface area contributed by atoms with Crippen LogP contribution in [0.2, 0.25) is 0 Å². The average Bonchev–Trinajstić information content (AvgIpc) is 2.78. The fourth-order valence-corrected chi connectivity index (χ4v) is 3.20. The van der Waals surface area contributed by atoms with Crippen molar-refractivity contribution in [2.24, 2.45) is 5.10 Å². The monoisotopic (exact) mass is 464 g/mol. The molecule has 0 aliphatic carbocycles. The van der Waals surface area contributed by atoms with Gasteiger partial charge in [-0.2, -0.15) is 5.10 Å². The lowest BCUT2D eigenvalue weighted by atomic mass is 10.2. The number of nitrogens with zero attached hydrogens (tertiary/aromatic N) is 1. The summed E-state index contributed by atoms with van der Waals surface area (Å²) in [6.07, 6.45) is 4.70. The largest absolute Gasteiger partial charge is 0.493 e. The summed E-state index contributed by atoms with van der Waals surface area (Å²) in [5.41, 5.74) is 5.22. The van der Waals surface area contributed by atoms with Crippen LogP contribution in [0, 0.1) is 0 Å². The van der Waals surface area contributed by atoms with E-state index in [1.54, 1.807) is 25.5 Å². The van der Waals surface area contributed by atoms with Gasteiger partial charge >= 0.3 is 0 Å². The Morgan fingerprint density at radius 2 is 1.73 bits per heavy atom. The minimum atomic E-state index is -0.316. The number of hydrogen-bond donors (Lipinski definition) is 1. The Hall–Kier alpha value is -3.38. The molecule has 0 aliphatic rings. The molecule has 152 valence electrons. The van der Waals surface area contributed by atoms with Gasteiger partial charge in [-0.25, -0.2) is 5.43 Å². The van der Waals surface area contributed by atoms with Crippen molar-refractivity contribution >= 4 is 34.1 Å². The molecule has 0 unspecified atom stereocenters. The van der Waals surface area contributed by atoms with E-state index in [0.29, 0.717) is 18.1 Å². The Morgan fingerprint density at radius 1 is 1.03 bits per heavy atom. The van der Waals surface area contributed by atoms with E-state index in [1.807, 2.05) is 66.7 Å². The summed E-state index contributed by atoms with van der Waals surface area (Å²) in [4.78, 5) is 11.9. The lowest BCUT2D eigenvalue weighted by Crippen LogP contribution is -2.14. The third-order valence-electron chi connectivity index (χ3n) is 4.09. The second kappa shape index (κ2) is 11.0. The van der Waals surface area contributed by atoms with Crippen LogP contribution in [0.25, 0.3) is 6.08 Å². The molecule has 0 saturated heterocycles. The molecule has 1 amide bonds. The zero-order valence-corrected chi connectivity index (χ0v) is 18.0. The van der Waals surface area contributed by atoms with E-state index >= 15 is 0 Å². The highest BCUT2D eigenvalue weighted by atomic mass is 79.9. The molecule has 0 heterocycles. The molecule has 6 heteroatoms. The zero-order valence-electron chi connectivity index (χ0n) is 16.4. The molecule has 0 radical (unpaired) electrons. The fourth-order valence-electron chi connectivity index (χ4n) is 2.63. The maximum absolute atomic E-state index is 11.9. The number of methoxy groups -OCH3 is 1. The molecular formula is C24H21BrN2O3. The predicted molar refractivity (Wildman–Crippen MR) is 123 cm³/mol. The number of amides is 1. The van der Waals surface area contributed by atoms with Gasteiger partial charge in [0.15, 0.2) is 11.5 Å². The van der Waals surface area contributed by atoms with E-state index in [2.05, 4.69) is 26.5 Å². The van der Waals surface area contributed by atoms with Crippen molar-refractivity contribution in [1.82, 2.24) is 5.43 Å². The first-order valence-electron chi connectivity index (χ1n) is 9.26. The lowest BCUT2D eigenvalue weighted by Gasteiger charge is -2.13. The molecule has 30 heavy (non-hydrogen) atoms. The van der Waals surface area contributed by atoms with Crippen molar-refractivity contribution < 1.29 is 14.3 Å². The van der Waals surface area contributed by atoms with Crippen molar-refractivity contribution in [3.05, 3.63) is 100 Å². The number of halogens is 1. The lowest BCUT2D eigenvalue weighted by molar-refractivity contribution is -0.116. The van der Waals surface area contributed by atoms with Gasteiger partial charge in [0.25, 0.3) is 5.91 Å². The normalized spacial score (nSPS) is 11.0. The van der Waals surface area contributed by atoms with Crippen molar-refractivity contribution in [3.63, 3.8) is 0 Å². The zero-order chi connectivity index (χ0) is 21.2.